The molecule has 0 saturated carbocycles. The predicted molar refractivity (Wildman–Crippen MR) is 57.5 cm³/mol. The van der Waals surface area contributed by atoms with Gasteiger partial charge in [0.1, 0.15) is 12.7 Å². The fraction of sp³-hybridized carbons (Fsp3) is 0.875. The van der Waals surface area contributed by atoms with Gasteiger partial charge in [-0.1, -0.05) is 48.7 Å². The van der Waals surface area contributed by atoms with E-state index in [1.54, 1.807) is 0 Å². The second-order valence-electron chi connectivity index (χ2n) is 3.52. The third-order valence-corrected chi connectivity index (χ3v) is 2.44. The van der Waals surface area contributed by atoms with Crippen LogP contribution >= 0.6 is 34.8 Å². The molecule has 3 nitrogen and oxygen atoms in total. The number of ether oxygens (including phenoxy) is 2. The number of alkyl halides is 3. The lowest BCUT2D eigenvalue weighted by Crippen LogP contribution is -2.23. The molecule has 0 spiro atoms. The fourth-order valence-electron chi connectivity index (χ4n) is 1.12. The summed E-state index contributed by atoms with van der Waals surface area (Å²) < 4.78 is 8.49. The molecule has 6 heteroatoms. The molecule has 1 N–H and O–H groups in total. The van der Waals surface area contributed by atoms with E-state index in [1.807, 2.05) is 0 Å². The van der Waals surface area contributed by atoms with E-state index in [-0.39, 0.29) is 24.7 Å². The van der Waals surface area contributed by atoms with Gasteiger partial charge in [-0.05, 0) is 5.92 Å². The summed E-state index contributed by atoms with van der Waals surface area (Å²) >= 11 is 16.3. The Balaban J connectivity index is 2.21. The Kier molecular flexibility index (Phi) is 3.92. The van der Waals surface area contributed by atoms with Gasteiger partial charge in [-0.15, -0.1) is 0 Å². The van der Waals surface area contributed by atoms with Gasteiger partial charge in [-0.2, -0.15) is 0 Å². The molecule has 1 rings (SSSR count). The first kappa shape index (κ1) is 12.4. The topological polar surface area (TPSA) is 45.6 Å². The van der Waals surface area contributed by atoms with Gasteiger partial charge in [-0.3, -0.25) is 5.41 Å². The van der Waals surface area contributed by atoms with Crippen LogP contribution < -0.4 is 0 Å². The number of rotatable bonds is 3. The van der Waals surface area contributed by atoms with Gasteiger partial charge in [0.25, 0.3) is 3.79 Å². The van der Waals surface area contributed by atoms with Crippen LogP contribution in [-0.4, -0.2) is 28.5 Å². The van der Waals surface area contributed by atoms with E-state index in [0.717, 1.165) is 0 Å². The second kappa shape index (κ2) is 4.44. The van der Waals surface area contributed by atoms with Crippen molar-refractivity contribution in [1.82, 2.24) is 0 Å². The van der Waals surface area contributed by atoms with Crippen molar-refractivity contribution in [3.63, 3.8) is 0 Å². The zero-order valence-corrected chi connectivity index (χ0v) is 10.2. The van der Waals surface area contributed by atoms with Gasteiger partial charge >= 0.3 is 0 Å². The van der Waals surface area contributed by atoms with E-state index in [0.29, 0.717) is 5.92 Å². The monoisotopic (exact) mass is 259 g/mol. The summed E-state index contributed by atoms with van der Waals surface area (Å²) in [4.78, 5) is 0. The first-order valence-corrected chi connectivity index (χ1v) is 5.39. The number of halogens is 3. The molecular weight excluding hydrogens is 248 g/mol. The van der Waals surface area contributed by atoms with Crippen LogP contribution in [0.3, 0.4) is 0 Å². The quantitative estimate of drug-likeness (QED) is 0.367. The van der Waals surface area contributed by atoms with Crippen LogP contribution in [0.5, 0.6) is 0 Å². The number of hydrogen-bond acceptors (Lipinski definition) is 3. The van der Waals surface area contributed by atoms with Gasteiger partial charge < -0.3 is 9.47 Å². The molecule has 0 aromatic carbocycles. The summed E-state index contributed by atoms with van der Waals surface area (Å²) in [6, 6.07) is 0. The third-order valence-electron chi connectivity index (χ3n) is 1.93. The SMILES string of the molecule is CC(C)[C@@H]1O[C@H]1COC(=N)C(Cl)(Cl)Cl. The Bertz CT molecular complexity index is 227. The van der Waals surface area contributed by atoms with Crippen LogP contribution in [0.25, 0.3) is 0 Å². The highest BCUT2D eigenvalue weighted by Gasteiger charge is 2.42. The first-order valence-electron chi connectivity index (χ1n) is 4.26. The maximum atomic E-state index is 7.26. The van der Waals surface area contributed by atoms with Crippen molar-refractivity contribution in [1.29, 1.82) is 5.41 Å². The van der Waals surface area contributed by atoms with Crippen molar-refractivity contribution >= 4 is 40.7 Å². The fourth-order valence-corrected chi connectivity index (χ4v) is 1.29. The lowest BCUT2D eigenvalue weighted by atomic mass is 10.1. The molecule has 14 heavy (non-hydrogen) atoms. The van der Waals surface area contributed by atoms with Crippen molar-refractivity contribution in [2.45, 2.75) is 29.8 Å². The molecule has 0 radical (unpaired) electrons. The molecule has 0 amide bonds. The number of nitrogens with one attached hydrogen (secondary N) is 1. The molecule has 1 aliphatic rings. The molecule has 0 unspecified atom stereocenters. The molecule has 1 saturated heterocycles. The third kappa shape index (κ3) is 3.46. The molecule has 1 fully saturated rings. The first-order chi connectivity index (χ1) is 6.32. The molecule has 0 aliphatic carbocycles. The highest BCUT2D eigenvalue weighted by atomic mass is 35.6. The Morgan fingerprint density at radius 3 is 2.43 bits per heavy atom. The zero-order valence-electron chi connectivity index (χ0n) is 7.89. The van der Waals surface area contributed by atoms with Crippen LogP contribution in [0.1, 0.15) is 13.8 Å². The summed E-state index contributed by atoms with van der Waals surface area (Å²) in [7, 11) is 0. The highest BCUT2D eigenvalue weighted by molar-refractivity contribution is 6.76. The van der Waals surface area contributed by atoms with Crippen molar-refractivity contribution in [3.8, 4) is 0 Å². The van der Waals surface area contributed by atoms with E-state index in [4.69, 9.17) is 49.7 Å². The Labute approximate surface area is 98.1 Å². The minimum Gasteiger partial charge on any atom is -0.475 e. The highest BCUT2D eigenvalue weighted by Crippen LogP contribution is 2.31. The van der Waals surface area contributed by atoms with E-state index >= 15 is 0 Å². The zero-order chi connectivity index (χ0) is 10.9. The van der Waals surface area contributed by atoms with E-state index in [2.05, 4.69) is 13.8 Å². The Morgan fingerprint density at radius 2 is 2.07 bits per heavy atom. The summed E-state index contributed by atoms with van der Waals surface area (Å²) in [5.41, 5.74) is 0. The van der Waals surface area contributed by atoms with Gasteiger partial charge in [0, 0.05) is 0 Å². The standard InChI is InChI=1S/C8H12Cl3NO2/c1-4(2)6-5(14-6)3-13-7(12)8(9,10)11/h4-6,12H,3H2,1-2H3/t5-,6-/m0/s1. The molecule has 1 heterocycles. The molecule has 2 atom stereocenters. The van der Waals surface area contributed by atoms with E-state index in [1.165, 1.54) is 0 Å². The normalized spacial score (nSPS) is 26.4. The van der Waals surface area contributed by atoms with Crippen molar-refractivity contribution in [2.24, 2.45) is 5.92 Å². The van der Waals surface area contributed by atoms with Crippen molar-refractivity contribution in [3.05, 3.63) is 0 Å². The largest absolute Gasteiger partial charge is 0.475 e. The smallest absolute Gasteiger partial charge is 0.265 e. The lowest BCUT2D eigenvalue weighted by molar-refractivity contribution is 0.243. The molecule has 0 aromatic heterocycles. The van der Waals surface area contributed by atoms with Crippen LogP contribution in [0.4, 0.5) is 0 Å². The Hall–Kier alpha value is 0.300. The van der Waals surface area contributed by atoms with Crippen LogP contribution in [0.15, 0.2) is 0 Å². The van der Waals surface area contributed by atoms with Crippen LogP contribution in [0, 0.1) is 11.3 Å². The summed E-state index contributed by atoms with van der Waals surface area (Å²) in [5, 5.41) is 7.26. The lowest BCUT2D eigenvalue weighted by Gasteiger charge is -2.12. The van der Waals surface area contributed by atoms with Crippen LogP contribution in [-0.2, 0) is 9.47 Å². The number of hydrogen-bond donors (Lipinski definition) is 1. The summed E-state index contributed by atoms with van der Waals surface area (Å²) in [5.74, 6) is 0.0889. The minimum atomic E-state index is -1.78. The summed E-state index contributed by atoms with van der Waals surface area (Å²) in [6.07, 6.45) is 0.237. The Morgan fingerprint density at radius 1 is 1.50 bits per heavy atom. The molecule has 1 aliphatic heterocycles. The van der Waals surface area contributed by atoms with Gasteiger partial charge in [-0.25, -0.2) is 0 Å². The average molecular weight is 261 g/mol. The van der Waals surface area contributed by atoms with Gasteiger partial charge in [0.05, 0.1) is 6.10 Å². The maximum Gasteiger partial charge on any atom is 0.265 e. The summed E-state index contributed by atoms with van der Waals surface area (Å²) in [6.45, 7) is 4.39. The number of epoxide rings is 1. The molecule has 82 valence electrons. The van der Waals surface area contributed by atoms with Crippen molar-refractivity contribution < 1.29 is 9.47 Å². The molecular formula is C8H12Cl3NO2. The maximum absolute atomic E-state index is 7.26. The molecule has 0 aromatic rings. The predicted octanol–water partition coefficient (Wildman–Crippen LogP) is 2.77. The minimum absolute atomic E-state index is 0.0303. The molecule has 0 bridgehead atoms. The average Bonchev–Trinajstić information content (AvgIpc) is 2.76. The van der Waals surface area contributed by atoms with Gasteiger partial charge in [0.2, 0.25) is 5.90 Å². The van der Waals surface area contributed by atoms with E-state index < -0.39 is 3.79 Å². The second-order valence-corrected chi connectivity index (χ2v) is 5.80. The van der Waals surface area contributed by atoms with E-state index in [9.17, 15) is 0 Å². The van der Waals surface area contributed by atoms with Gasteiger partial charge in [0.15, 0.2) is 0 Å². The van der Waals surface area contributed by atoms with Crippen molar-refractivity contribution in [2.75, 3.05) is 6.61 Å². The van der Waals surface area contributed by atoms with Crippen LogP contribution in [0.2, 0.25) is 0 Å².